The van der Waals surface area contributed by atoms with Crippen molar-refractivity contribution >= 4 is 17.9 Å². The lowest BCUT2D eigenvalue weighted by molar-refractivity contribution is -0.889. The number of carboxylic acids is 1. The van der Waals surface area contributed by atoms with Gasteiger partial charge in [0.2, 0.25) is 0 Å². The van der Waals surface area contributed by atoms with Crippen molar-refractivity contribution < 1.29 is 38.2 Å². The molecule has 0 aliphatic heterocycles. The fourth-order valence-corrected chi connectivity index (χ4v) is 6.41. The van der Waals surface area contributed by atoms with Crippen LogP contribution in [0.2, 0.25) is 0 Å². The molecule has 0 aromatic carbocycles. The van der Waals surface area contributed by atoms with E-state index in [0.29, 0.717) is 12.8 Å². The number of unbranched alkanes of at least 4 members (excludes halogenated alkanes) is 19. The van der Waals surface area contributed by atoms with Crippen LogP contribution in [-0.4, -0.2) is 75.5 Å². The Morgan fingerprint density at radius 1 is 0.544 bits per heavy atom. The molecule has 0 amide bonds. The van der Waals surface area contributed by atoms with Crippen molar-refractivity contribution in [2.45, 2.75) is 193 Å². The average Bonchev–Trinajstić information content (AvgIpc) is 3.17. The molecule has 0 bridgehead atoms. The molecule has 0 saturated heterocycles. The third-order valence-electron chi connectivity index (χ3n) is 9.98. The molecule has 0 radical (unpaired) electrons. The normalized spacial score (nSPS) is 13.5. The molecule has 8 nitrogen and oxygen atoms in total. The van der Waals surface area contributed by atoms with E-state index in [2.05, 4.69) is 74.6 Å². The molecule has 0 heterocycles. The number of rotatable bonds is 40. The number of quaternary nitrogens is 1. The third kappa shape index (κ3) is 38.3. The first-order valence-corrected chi connectivity index (χ1v) is 22.9. The molecule has 0 fully saturated rings. The number of nitrogens with zero attached hydrogens (tertiary/aromatic N) is 1. The van der Waals surface area contributed by atoms with E-state index in [-0.39, 0.29) is 42.7 Å². The number of ether oxygens (including phenoxy) is 3. The maximum Gasteiger partial charge on any atom is 0.306 e. The van der Waals surface area contributed by atoms with Gasteiger partial charge in [-0.25, -0.2) is 0 Å². The number of aliphatic carboxylic acids is 1. The van der Waals surface area contributed by atoms with E-state index in [1.165, 1.54) is 70.6 Å². The van der Waals surface area contributed by atoms with Gasteiger partial charge in [-0.05, 0) is 57.8 Å². The zero-order chi connectivity index (χ0) is 42.1. The van der Waals surface area contributed by atoms with Gasteiger partial charge < -0.3 is 28.6 Å². The Balaban J connectivity index is 4.37. The maximum atomic E-state index is 12.7. The summed E-state index contributed by atoms with van der Waals surface area (Å²) in [5.41, 5.74) is 0. The first-order chi connectivity index (χ1) is 27.6. The molecule has 0 aromatic heterocycles. The van der Waals surface area contributed by atoms with Crippen LogP contribution < -0.4 is 5.11 Å². The molecular formula is C49H85NO7. The fraction of sp³-hybridized carbons (Fsp3) is 0.735. The van der Waals surface area contributed by atoms with Crippen molar-refractivity contribution in [1.82, 2.24) is 0 Å². The molecule has 2 unspecified atom stereocenters. The van der Waals surface area contributed by atoms with Gasteiger partial charge in [0, 0.05) is 19.3 Å². The summed E-state index contributed by atoms with van der Waals surface area (Å²) in [6, 6.07) is -0.732. The second kappa shape index (κ2) is 39.8. The third-order valence-corrected chi connectivity index (χ3v) is 9.98. The van der Waals surface area contributed by atoms with Crippen LogP contribution in [0.1, 0.15) is 181 Å². The van der Waals surface area contributed by atoms with Crippen molar-refractivity contribution in [2.24, 2.45) is 0 Å². The monoisotopic (exact) mass is 800 g/mol. The highest BCUT2D eigenvalue weighted by Crippen LogP contribution is 2.14. The summed E-state index contributed by atoms with van der Waals surface area (Å²) in [5.74, 6) is -1.77. The Morgan fingerprint density at radius 2 is 0.982 bits per heavy atom. The van der Waals surface area contributed by atoms with E-state index in [9.17, 15) is 19.5 Å². The first kappa shape index (κ1) is 54.0. The minimum Gasteiger partial charge on any atom is -0.544 e. The van der Waals surface area contributed by atoms with Gasteiger partial charge in [0.25, 0.3) is 0 Å². The molecule has 0 aromatic rings. The van der Waals surface area contributed by atoms with Crippen LogP contribution >= 0.6 is 0 Å². The van der Waals surface area contributed by atoms with Crippen LogP contribution in [0.25, 0.3) is 0 Å². The first-order valence-electron chi connectivity index (χ1n) is 22.9. The van der Waals surface area contributed by atoms with Crippen molar-refractivity contribution in [2.75, 3.05) is 41.0 Å². The van der Waals surface area contributed by atoms with Crippen molar-refractivity contribution in [3.63, 3.8) is 0 Å². The van der Waals surface area contributed by atoms with Gasteiger partial charge in [-0.3, -0.25) is 9.59 Å². The zero-order valence-corrected chi connectivity index (χ0v) is 37.2. The fourth-order valence-electron chi connectivity index (χ4n) is 6.41. The lowest BCUT2D eigenvalue weighted by Crippen LogP contribution is -2.55. The van der Waals surface area contributed by atoms with E-state index in [0.717, 1.165) is 77.0 Å². The van der Waals surface area contributed by atoms with Crippen LogP contribution in [0.15, 0.2) is 60.8 Å². The van der Waals surface area contributed by atoms with Crippen molar-refractivity contribution in [1.29, 1.82) is 0 Å². The molecule has 2 atom stereocenters. The van der Waals surface area contributed by atoms with E-state index in [1.54, 1.807) is 21.1 Å². The SMILES string of the molecule is CC/C=C/C=C/C=C/CCCCCCCCCC(=O)OC(COCCC(C(=O)[O-])[N+](C)(C)C)COC(=O)CCCCCCC/C=C/C=C/CCCCCCCCC. The highest BCUT2D eigenvalue weighted by atomic mass is 16.6. The van der Waals surface area contributed by atoms with E-state index in [4.69, 9.17) is 14.2 Å². The van der Waals surface area contributed by atoms with Crippen LogP contribution in [0.3, 0.4) is 0 Å². The summed E-state index contributed by atoms with van der Waals surface area (Å²) < 4.78 is 17.2. The van der Waals surface area contributed by atoms with E-state index in [1.807, 2.05) is 0 Å². The largest absolute Gasteiger partial charge is 0.544 e. The van der Waals surface area contributed by atoms with Gasteiger partial charge in [-0.1, -0.05) is 164 Å². The highest BCUT2D eigenvalue weighted by molar-refractivity contribution is 5.70. The Hall–Kier alpha value is -2.97. The number of carbonyl (C=O) groups is 3. The number of carboxylic acid groups (broad SMARTS) is 1. The van der Waals surface area contributed by atoms with Crippen LogP contribution in [-0.2, 0) is 28.6 Å². The summed E-state index contributed by atoms with van der Waals surface area (Å²) in [7, 11) is 5.39. The second-order valence-electron chi connectivity index (χ2n) is 16.3. The lowest BCUT2D eigenvalue weighted by Gasteiger charge is -2.34. The lowest BCUT2D eigenvalue weighted by atomic mass is 10.1. The predicted molar refractivity (Wildman–Crippen MR) is 236 cm³/mol. The maximum absolute atomic E-state index is 12.7. The van der Waals surface area contributed by atoms with Gasteiger partial charge in [0.05, 0.1) is 40.3 Å². The standard InChI is InChI=1S/C49H85NO7/c1-6-8-10-12-14-16-18-20-22-23-24-26-27-29-31-33-35-37-39-47(51)56-44-45(43-55-42-41-46(49(53)54)50(3,4)5)57-48(52)40-38-36-34-32-30-28-25-21-19-17-15-13-11-9-7-2/h9,11,13,15,17,19,22-24,26,45-46H,6-8,10,12,14,16,18,20-21,25,27-44H2,1-5H3/b11-9+,15-13+,19-17+,23-22+,26-24+. The Labute approximate surface area is 349 Å². The van der Waals surface area contributed by atoms with Gasteiger partial charge in [0.1, 0.15) is 12.6 Å². The van der Waals surface area contributed by atoms with Crippen molar-refractivity contribution in [3.8, 4) is 0 Å². The molecule has 8 heteroatoms. The summed E-state index contributed by atoms with van der Waals surface area (Å²) >= 11 is 0. The number of carbonyl (C=O) groups excluding carboxylic acids is 3. The Morgan fingerprint density at radius 3 is 1.46 bits per heavy atom. The molecule has 328 valence electrons. The highest BCUT2D eigenvalue weighted by Gasteiger charge is 2.25. The molecule has 0 N–H and O–H groups in total. The minimum atomic E-state index is -1.13. The number of hydrogen-bond donors (Lipinski definition) is 0. The van der Waals surface area contributed by atoms with Gasteiger partial charge >= 0.3 is 11.9 Å². The van der Waals surface area contributed by atoms with Crippen LogP contribution in [0.5, 0.6) is 0 Å². The number of allylic oxidation sites excluding steroid dienone is 10. The molecule has 57 heavy (non-hydrogen) atoms. The molecule has 0 aliphatic rings. The summed E-state index contributed by atoms with van der Waals surface area (Å²) in [6.45, 7) is 4.49. The number of hydrogen-bond acceptors (Lipinski definition) is 7. The van der Waals surface area contributed by atoms with E-state index >= 15 is 0 Å². The smallest absolute Gasteiger partial charge is 0.306 e. The van der Waals surface area contributed by atoms with Crippen molar-refractivity contribution in [3.05, 3.63) is 60.8 Å². The van der Waals surface area contributed by atoms with E-state index < -0.39 is 18.1 Å². The minimum absolute atomic E-state index is 0.0285. The molecular weight excluding hydrogens is 715 g/mol. The van der Waals surface area contributed by atoms with Crippen LogP contribution in [0.4, 0.5) is 0 Å². The topological polar surface area (TPSA) is 102 Å². The summed E-state index contributed by atoms with van der Waals surface area (Å²) in [4.78, 5) is 36.9. The van der Waals surface area contributed by atoms with Gasteiger partial charge in [0.15, 0.2) is 6.10 Å². The number of esters is 2. The predicted octanol–water partition coefficient (Wildman–Crippen LogP) is 11.2. The molecule has 0 saturated carbocycles. The Bertz CT molecular complexity index is 1120. The molecule has 0 rings (SSSR count). The second-order valence-corrected chi connectivity index (χ2v) is 16.3. The van der Waals surface area contributed by atoms with Gasteiger partial charge in [-0.2, -0.15) is 0 Å². The number of likely N-dealkylation sites (N-methyl/N-ethyl adjacent to an activating group) is 1. The van der Waals surface area contributed by atoms with Gasteiger partial charge in [-0.15, -0.1) is 0 Å². The summed E-state index contributed by atoms with van der Waals surface area (Å²) in [5, 5.41) is 11.6. The molecule has 0 aliphatic carbocycles. The summed E-state index contributed by atoms with van der Waals surface area (Å²) in [6.07, 6.45) is 48.1. The quantitative estimate of drug-likeness (QED) is 0.0263. The molecule has 0 spiro atoms. The van der Waals surface area contributed by atoms with Crippen LogP contribution in [0, 0.1) is 0 Å². The Kier molecular flexibility index (Phi) is 37.8. The average molecular weight is 800 g/mol. The zero-order valence-electron chi connectivity index (χ0n) is 37.2.